The van der Waals surface area contributed by atoms with Gasteiger partial charge < -0.3 is 14.8 Å². The number of nitrogens with zero attached hydrogens (tertiary/aromatic N) is 5. The van der Waals surface area contributed by atoms with Gasteiger partial charge in [-0.1, -0.05) is 24.3 Å². The molecule has 4 heterocycles. The molecule has 5 rings (SSSR count). The number of hydrogen-bond donors (Lipinski definition) is 1. The van der Waals surface area contributed by atoms with Crippen molar-refractivity contribution in [2.45, 2.75) is 44.7 Å². The van der Waals surface area contributed by atoms with Crippen molar-refractivity contribution < 1.29 is 4.79 Å². The van der Waals surface area contributed by atoms with Crippen LogP contribution in [-0.2, 0) is 30.7 Å². The number of rotatable bonds is 3. The Morgan fingerprint density at radius 1 is 1.07 bits per heavy atom. The molecule has 0 spiro atoms. The first-order valence-corrected chi connectivity index (χ1v) is 11.0. The maximum Gasteiger partial charge on any atom is 0.236 e. The van der Waals surface area contributed by atoms with E-state index < -0.39 is 0 Å². The molecule has 3 aliphatic heterocycles. The van der Waals surface area contributed by atoms with Crippen molar-refractivity contribution >= 4 is 5.91 Å². The topological polar surface area (TPSA) is 66.3 Å². The van der Waals surface area contributed by atoms with Crippen molar-refractivity contribution in [3.63, 3.8) is 0 Å². The molecule has 0 unspecified atom stereocenters. The number of amides is 1. The summed E-state index contributed by atoms with van der Waals surface area (Å²) in [6.45, 7) is 6.85. The molecule has 1 fully saturated rings. The molecule has 0 saturated carbocycles. The van der Waals surface area contributed by atoms with Gasteiger partial charge in [0.2, 0.25) is 5.91 Å². The van der Waals surface area contributed by atoms with Crippen LogP contribution in [0, 0.1) is 0 Å². The summed E-state index contributed by atoms with van der Waals surface area (Å²) in [5, 5.41) is 12.4. The van der Waals surface area contributed by atoms with Gasteiger partial charge in [-0.15, -0.1) is 10.2 Å². The quantitative estimate of drug-likeness (QED) is 0.847. The van der Waals surface area contributed by atoms with Gasteiger partial charge in [0.1, 0.15) is 11.6 Å². The first kappa shape index (κ1) is 18.8. The molecule has 1 aromatic heterocycles. The molecule has 1 saturated heterocycles. The lowest BCUT2D eigenvalue weighted by Gasteiger charge is -2.35. The molecule has 0 aliphatic carbocycles. The minimum absolute atomic E-state index is 0.256. The number of carbonyl (C=O) groups excluding carboxylic acids is 1. The first-order valence-electron chi connectivity index (χ1n) is 11.0. The second-order valence-electron chi connectivity index (χ2n) is 8.53. The lowest BCUT2D eigenvalue weighted by molar-refractivity contribution is -0.133. The molecule has 1 N–H and O–H groups in total. The Morgan fingerprint density at radius 3 is 2.90 bits per heavy atom. The molecule has 7 heteroatoms. The summed E-state index contributed by atoms with van der Waals surface area (Å²) in [6.07, 6.45) is 4.09. The van der Waals surface area contributed by atoms with Gasteiger partial charge in [-0.2, -0.15) is 0 Å². The van der Waals surface area contributed by atoms with Gasteiger partial charge in [0.05, 0.1) is 6.54 Å². The fraction of sp³-hybridized carbons (Fsp3) is 0.591. The Bertz CT molecular complexity index is 878. The number of fused-ring (bicyclic) bond motifs is 2. The highest BCUT2D eigenvalue weighted by molar-refractivity contribution is 5.78. The fourth-order valence-electron chi connectivity index (χ4n) is 4.99. The van der Waals surface area contributed by atoms with E-state index in [-0.39, 0.29) is 5.91 Å². The van der Waals surface area contributed by atoms with Crippen LogP contribution in [-0.4, -0.2) is 69.7 Å². The minimum Gasteiger partial charge on any atom is -0.341 e. The van der Waals surface area contributed by atoms with E-state index in [4.69, 9.17) is 0 Å². The van der Waals surface area contributed by atoms with Crippen LogP contribution in [0.5, 0.6) is 0 Å². The Kier molecular flexibility index (Phi) is 5.33. The van der Waals surface area contributed by atoms with Gasteiger partial charge in [-0.25, -0.2) is 0 Å². The maximum atomic E-state index is 13.1. The van der Waals surface area contributed by atoms with E-state index in [1.807, 2.05) is 0 Å². The van der Waals surface area contributed by atoms with Crippen LogP contribution in [0.1, 0.15) is 41.5 Å². The van der Waals surface area contributed by atoms with E-state index in [9.17, 15) is 4.79 Å². The van der Waals surface area contributed by atoms with Crippen LogP contribution < -0.4 is 5.32 Å². The highest BCUT2D eigenvalue weighted by atomic mass is 16.2. The van der Waals surface area contributed by atoms with Crippen LogP contribution in [0.2, 0.25) is 0 Å². The van der Waals surface area contributed by atoms with E-state index >= 15 is 0 Å². The molecule has 3 aliphatic rings. The lowest BCUT2D eigenvalue weighted by atomic mass is 9.96. The van der Waals surface area contributed by atoms with Gasteiger partial charge in [-0.3, -0.25) is 9.69 Å². The Morgan fingerprint density at radius 2 is 1.97 bits per heavy atom. The van der Waals surface area contributed by atoms with Crippen molar-refractivity contribution in [3.05, 3.63) is 47.0 Å². The minimum atomic E-state index is 0.256. The molecule has 7 nitrogen and oxygen atoms in total. The largest absolute Gasteiger partial charge is 0.341 e. The van der Waals surface area contributed by atoms with Crippen LogP contribution in [0.15, 0.2) is 24.3 Å². The third kappa shape index (κ3) is 3.94. The Balaban J connectivity index is 1.23. The van der Waals surface area contributed by atoms with Crippen molar-refractivity contribution in [1.29, 1.82) is 0 Å². The summed E-state index contributed by atoms with van der Waals surface area (Å²) in [7, 11) is 0. The van der Waals surface area contributed by atoms with Crippen molar-refractivity contribution in [3.8, 4) is 0 Å². The molecule has 1 atom stereocenters. The average Bonchev–Trinajstić information content (AvgIpc) is 3.02. The lowest BCUT2D eigenvalue weighted by Crippen LogP contribution is -2.46. The van der Waals surface area contributed by atoms with Crippen LogP contribution in [0.4, 0.5) is 0 Å². The smallest absolute Gasteiger partial charge is 0.236 e. The predicted molar refractivity (Wildman–Crippen MR) is 111 cm³/mol. The predicted octanol–water partition coefficient (Wildman–Crippen LogP) is 1.19. The number of carbonyl (C=O) groups is 1. The second-order valence-corrected chi connectivity index (χ2v) is 8.53. The zero-order valence-corrected chi connectivity index (χ0v) is 17.0. The third-order valence-electron chi connectivity index (χ3n) is 6.60. The molecule has 29 heavy (non-hydrogen) atoms. The van der Waals surface area contributed by atoms with Gasteiger partial charge >= 0.3 is 0 Å². The van der Waals surface area contributed by atoms with E-state index in [0.717, 1.165) is 83.1 Å². The number of likely N-dealkylation sites (tertiary alicyclic amines) is 1. The molecular weight excluding hydrogens is 364 g/mol. The zero-order valence-electron chi connectivity index (χ0n) is 17.0. The molecule has 1 aromatic carbocycles. The molecule has 154 valence electrons. The highest BCUT2D eigenvalue weighted by Gasteiger charge is 2.30. The maximum absolute atomic E-state index is 13.1. The summed E-state index contributed by atoms with van der Waals surface area (Å²) < 4.78 is 2.29. The van der Waals surface area contributed by atoms with E-state index in [1.165, 1.54) is 11.1 Å². The van der Waals surface area contributed by atoms with E-state index in [0.29, 0.717) is 12.5 Å². The summed E-state index contributed by atoms with van der Waals surface area (Å²) >= 11 is 0. The second kappa shape index (κ2) is 8.24. The molecule has 0 radical (unpaired) electrons. The normalized spacial score (nSPS) is 22.6. The molecular formula is C22H30N6O. The standard InChI is InChI=1S/C22H30N6O/c29-21(16-26-12-8-17-4-1-2-5-18(17)14-26)27-11-3-6-19(15-27)22-25-24-20-7-9-23-10-13-28(20)22/h1-2,4-5,19,23H,3,6-16H2/t19-/m0/s1. The van der Waals surface area contributed by atoms with Gasteiger partial charge in [0.25, 0.3) is 0 Å². The fourth-order valence-corrected chi connectivity index (χ4v) is 4.99. The number of benzene rings is 1. The summed E-state index contributed by atoms with van der Waals surface area (Å²) in [5.41, 5.74) is 2.79. The van der Waals surface area contributed by atoms with Crippen LogP contribution in [0.25, 0.3) is 0 Å². The number of piperidine rings is 1. The summed E-state index contributed by atoms with van der Waals surface area (Å²) in [4.78, 5) is 17.4. The third-order valence-corrected chi connectivity index (χ3v) is 6.60. The van der Waals surface area contributed by atoms with Gasteiger partial charge in [-0.05, 0) is 30.4 Å². The average molecular weight is 395 g/mol. The van der Waals surface area contributed by atoms with Crippen molar-refractivity contribution in [2.24, 2.45) is 0 Å². The zero-order chi connectivity index (χ0) is 19.6. The molecule has 1 amide bonds. The van der Waals surface area contributed by atoms with Crippen LogP contribution in [0.3, 0.4) is 0 Å². The van der Waals surface area contributed by atoms with E-state index in [2.05, 4.69) is 54.1 Å². The SMILES string of the molecule is O=C(CN1CCc2ccccc2C1)N1CCC[C@H](c2nnc3n2CCNCC3)C1. The summed E-state index contributed by atoms with van der Waals surface area (Å²) in [6, 6.07) is 8.60. The van der Waals surface area contributed by atoms with Gasteiger partial charge in [0, 0.05) is 58.2 Å². The monoisotopic (exact) mass is 394 g/mol. The van der Waals surface area contributed by atoms with E-state index in [1.54, 1.807) is 0 Å². The summed E-state index contributed by atoms with van der Waals surface area (Å²) in [5.74, 6) is 2.72. The first-order chi connectivity index (χ1) is 14.3. The van der Waals surface area contributed by atoms with Gasteiger partial charge in [0.15, 0.2) is 0 Å². The Labute approximate surface area is 172 Å². The number of hydrogen-bond acceptors (Lipinski definition) is 5. The Hall–Kier alpha value is -2.25. The number of aromatic nitrogens is 3. The molecule has 2 aromatic rings. The number of nitrogens with one attached hydrogen (secondary N) is 1. The van der Waals surface area contributed by atoms with Crippen molar-refractivity contribution in [1.82, 2.24) is 29.9 Å². The highest BCUT2D eigenvalue weighted by Crippen LogP contribution is 2.27. The molecule has 0 bridgehead atoms. The van der Waals surface area contributed by atoms with Crippen LogP contribution >= 0.6 is 0 Å². The van der Waals surface area contributed by atoms with Crippen molar-refractivity contribution in [2.75, 3.05) is 39.3 Å².